The highest BCUT2D eigenvalue weighted by Crippen LogP contribution is 2.50. The van der Waals surface area contributed by atoms with Crippen LogP contribution < -0.4 is 4.90 Å². The van der Waals surface area contributed by atoms with Gasteiger partial charge in [0, 0.05) is 27.4 Å². The van der Waals surface area contributed by atoms with Crippen LogP contribution >= 0.6 is 23.4 Å². The van der Waals surface area contributed by atoms with E-state index in [1.54, 1.807) is 0 Å². The summed E-state index contributed by atoms with van der Waals surface area (Å²) < 4.78 is 0. The van der Waals surface area contributed by atoms with Gasteiger partial charge < -0.3 is 9.80 Å². The Morgan fingerprint density at radius 1 is 1.09 bits per heavy atom. The van der Waals surface area contributed by atoms with Crippen LogP contribution in [-0.4, -0.2) is 31.1 Å². The summed E-state index contributed by atoms with van der Waals surface area (Å²) in [6.07, 6.45) is 2.50. The van der Waals surface area contributed by atoms with Crippen LogP contribution in [0.1, 0.15) is 12.8 Å². The second kappa shape index (κ2) is 5.80. The molecule has 4 heteroatoms. The Morgan fingerprint density at radius 2 is 1.91 bits per heavy atom. The first kappa shape index (κ1) is 14.4. The summed E-state index contributed by atoms with van der Waals surface area (Å²) in [5.74, 6) is 0. The SMILES string of the molecule is CN1CCCC(N2c3ccccc3Sc3cc(Cl)ccc32)C1. The van der Waals surface area contributed by atoms with Gasteiger partial charge in [-0.2, -0.15) is 0 Å². The smallest absolute Gasteiger partial charge is 0.0557 e. The van der Waals surface area contributed by atoms with E-state index in [4.69, 9.17) is 11.6 Å². The number of hydrogen-bond donors (Lipinski definition) is 0. The Balaban J connectivity index is 1.82. The first-order valence-corrected chi connectivity index (χ1v) is 8.96. The van der Waals surface area contributed by atoms with Crippen molar-refractivity contribution >= 4 is 34.7 Å². The van der Waals surface area contributed by atoms with Gasteiger partial charge in [0.1, 0.15) is 0 Å². The summed E-state index contributed by atoms with van der Waals surface area (Å²) in [4.78, 5) is 7.56. The molecule has 0 bridgehead atoms. The molecule has 0 saturated carbocycles. The van der Waals surface area contributed by atoms with Crippen LogP contribution in [0.3, 0.4) is 0 Å². The van der Waals surface area contributed by atoms with Crippen molar-refractivity contribution in [2.45, 2.75) is 28.7 Å². The fraction of sp³-hybridized carbons (Fsp3) is 0.333. The Kier molecular flexibility index (Phi) is 3.81. The van der Waals surface area contributed by atoms with Gasteiger partial charge in [-0.15, -0.1) is 0 Å². The Hall–Kier alpha value is -1.16. The summed E-state index contributed by atoms with van der Waals surface area (Å²) in [5, 5.41) is 0.811. The van der Waals surface area contributed by atoms with Crippen LogP contribution in [0.2, 0.25) is 5.02 Å². The lowest BCUT2D eigenvalue weighted by Crippen LogP contribution is -2.45. The topological polar surface area (TPSA) is 6.48 Å². The minimum absolute atomic E-state index is 0.528. The molecular weight excluding hydrogens is 312 g/mol. The average Bonchev–Trinajstić information content (AvgIpc) is 2.52. The molecule has 0 aromatic heterocycles. The van der Waals surface area contributed by atoms with Gasteiger partial charge in [-0.1, -0.05) is 35.5 Å². The maximum atomic E-state index is 6.22. The molecule has 2 aromatic carbocycles. The third-order valence-electron chi connectivity index (χ3n) is 4.49. The van der Waals surface area contributed by atoms with E-state index in [1.807, 2.05) is 17.8 Å². The first-order chi connectivity index (χ1) is 10.7. The van der Waals surface area contributed by atoms with Gasteiger partial charge in [0.15, 0.2) is 0 Å². The van der Waals surface area contributed by atoms with Crippen molar-refractivity contribution < 1.29 is 0 Å². The van der Waals surface area contributed by atoms with E-state index in [9.17, 15) is 0 Å². The predicted octanol–water partition coefficient (Wildman–Crippen LogP) is 5.04. The minimum atomic E-state index is 0.528. The number of rotatable bonds is 1. The molecule has 2 aliphatic heterocycles. The number of para-hydroxylation sites is 1. The second-order valence-electron chi connectivity index (χ2n) is 6.11. The lowest BCUT2D eigenvalue weighted by atomic mass is 10.0. The number of fused-ring (bicyclic) bond motifs is 2. The van der Waals surface area contributed by atoms with E-state index in [0.717, 1.165) is 11.6 Å². The number of likely N-dealkylation sites (tertiary alicyclic amines) is 1. The lowest BCUT2D eigenvalue weighted by molar-refractivity contribution is 0.250. The minimum Gasteiger partial charge on any atom is -0.335 e. The fourth-order valence-electron chi connectivity index (χ4n) is 3.50. The molecule has 2 aromatic rings. The van der Waals surface area contributed by atoms with Gasteiger partial charge in [-0.25, -0.2) is 0 Å². The standard InChI is InChI=1S/C18H19ClN2S/c1-20-10-4-5-14(12-20)21-15-6-2-3-7-17(15)22-18-11-13(19)8-9-16(18)21/h2-3,6-9,11,14H,4-5,10,12H2,1H3. The summed E-state index contributed by atoms with van der Waals surface area (Å²) in [6.45, 7) is 2.31. The Labute approximate surface area is 141 Å². The quantitative estimate of drug-likeness (QED) is 0.723. The molecule has 1 atom stereocenters. The number of benzene rings is 2. The van der Waals surface area contributed by atoms with Crippen molar-refractivity contribution in [3.8, 4) is 0 Å². The van der Waals surface area contributed by atoms with E-state index in [-0.39, 0.29) is 0 Å². The highest BCUT2D eigenvalue weighted by molar-refractivity contribution is 7.99. The molecule has 0 amide bonds. The van der Waals surface area contributed by atoms with Crippen molar-refractivity contribution in [1.29, 1.82) is 0 Å². The van der Waals surface area contributed by atoms with Crippen LogP contribution in [0.25, 0.3) is 0 Å². The highest BCUT2D eigenvalue weighted by Gasteiger charge is 2.31. The van der Waals surface area contributed by atoms with Crippen LogP contribution in [-0.2, 0) is 0 Å². The molecular formula is C18H19ClN2S. The van der Waals surface area contributed by atoms with Crippen LogP contribution in [0, 0.1) is 0 Å². The summed E-state index contributed by atoms with van der Waals surface area (Å²) in [7, 11) is 2.22. The molecule has 2 aliphatic rings. The molecule has 2 heterocycles. The van der Waals surface area contributed by atoms with Gasteiger partial charge in [-0.3, -0.25) is 0 Å². The number of nitrogens with zero attached hydrogens (tertiary/aromatic N) is 2. The molecule has 2 nitrogen and oxygen atoms in total. The molecule has 0 N–H and O–H groups in total. The van der Waals surface area contributed by atoms with E-state index in [2.05, 4.69) is 53.2 Å². The molecule has 114 valence electrons. The van der Waals surface area contributed by atoms with E-state index in [0.29, 0.717) is 6.04 Å². The zero-order valence-electron chi connectivity index (χ0n) is 12.6. The third kappa shape index (κ3) is 2.51. The number of piperidine rings is 1. The van der Waals surface area contributed by atoms with Gasteiger partial charge >= 0.3 is 0 Å². The van der Waals surface area contributed by atoms with Crippen molar-refractivity contribution in [3.05, 3.63) is 47.5 Å². The molecule has 22 heavy (non-hydrogen) atoms. The number of anilines is 2. The zero-order chi connectivity index (χ0) is 15.1. The van der Waals surface area contributed by atoms with Gasteiger partial charge in [0.05, 0.1) is 11.4 Å². The normalized spacial score (nSPS) is 21.4. The van der Waals surface area contributed by atoms with Crippen molar-refractivity contribution in [3.63, 3.8) is 0 Å². The van der Waals surface area contributed by atoms with Crippen LogP contribution in [0.5, 0.6) is 0 Å². The third-order valence-corrected chi connectivity index (χ3v) is 5.84. The zero-order valence-corrected chi connectivity index (χ0v) is 14.2. The molecule has 4 rings (SSSR count). The Morgan fingerprint density at radius 3 is 2.77 bits per heavy atom. The number of likely N-dealkylation sites (N-methyl/N-ethyl adjacent to an activating group) is 1. The van der Waals surface area contributed by atoms with E-state index in [1.165, 1.54) is 40.6 Å². The largest absolute Gasteiger partial charge is 0.335 e. The molecule has 0 radical (unpaired) electrons. The molecule has 1 unspecified atom stereocenters. The van der Waals surface area contributed by atoms with Crippen LogP contribution in [0.15, 0.2) is 52.3 Å². The van der Waals surface area contributed by atoms with Crippen molar-refractivity contribution in [2.75, 3.05) is 25.0 Å². The molecule has 0 spiro atoms. The predicted molar refractivity (Wildman–Crippen MR) is 94.7 cm³/mol. The molecule has 1 fully saturated rings. The highest BCUT2D eigenvalue weighted by atomic mass is 35.5. The Bertz CT molecular complexity index is 703. The van der Waals surface area contributed by atoms with Gasteiger partial charge in [0.25, 0.3) is 0 Å². The fourth-order valence-corrected chi connectivity index (χ4v) is 4.85. The van der Waals surface area contributed by atoms with Crippen molar-refractivity contribution in [1.82, 2.24) is 4.90 Å². The van der Waals surface area contributed by atoms with E-state index >= 15 is 0 Å². The molecule has 0 aliphatic carbocycles. The summed E-state index contributed by atoms with van der Waals surface area (Å²) >= 11 is 8.05. The maximum absolute atomic E-state index is 6.22. The number of hydrogen-bond acceptors (Lipinski definition) is 3. The summed E-state index contributed by atoms with van der Waals surface area (Å²) in [6, 6.07) is 15.5. The van der Waals surface area contributed by atoms with Gasteiger partial charge in [-0.05, 0) is 56.8 Å². The maximum Gasteiger partial charge on any atom is 0.0557 e. The van der Waals surface area contributed by atoms with Crippen LogP contribution in [0.4, 0.5) is 11.4 Å². The summed E-state index contributed by atoms with van der Waals surface area (Å²) in [5.41, 5.74) is 2.64. The second-order valence-corrected chi connectivity index (χ2v) is 7.63. The average molecular weight is 331 g/mol. The van der Waals surface area contributed by atoms with Crippen molar-refractivity contribution in [2.24, 2.45) is 0 Å². The molecule has 1 saturated heterocycles. The van der Waals surface area contributed by atoms with Gasteiger partial charge in [0.2, 0.25) is 0 Å². The monoisotopic (exact) mass is 330 g/mol. The lowest BCUT2D eigenvalue weighted by Gasteiger charge is -2.42. The first-order valence-electron chi connectivity index (χ1n) is 7.76. The van der Waals surface area contributed by atoms with E-state index < -0.39 is 0 Å². The number of halogens is 1.